The number of hydrogen-bond donors (Lipinski definition) is 0. The number of allylic oxidation sites excluding steroid dienone is 10. The van der Waals surface area contributed by atoms with Gasteiger partial charge in [-0.05, 0) is 93.9 Å². The molecular formula is C60H65N5S2+2. The Morgan fingerprint density at radius 1 is 0.552 bits per heavy atom. The van der Waals surface area contributed by atoms with Crippen LogP contribution in [-0.2, 0) is 18.5 Å². The number of nitrogens with zero attached hydrogens (tertiary/aromatic N) is 5. The first-order valence-corrected chi connectivity index (χ1v) is 25.2. The van der Waals surface area contributed by atoms with Crippen molar-refractivity contribution in [1.82, 2.24) is 0 Å². The molecule has 5 nitrogen and oxygen atoms in total. The molecular weight excluding hydrogens is 855 g/mol. The Hall–Kier alpha value is -6.80. The van der Waals surface area contributed by atoms with Crippen LogP contribution in [0.4, 0.5) is 28.4 Å². The highest BCUT2D eigenvalue weighted by atomic mass is 32.1. The van der Waals surface area contributed by atoms with Crippen LogP contribution in [-0.4, -0.2) is 7.05 Å². The minimum Gasteiger partial charge on any atom is -0.347 e. The van der Waals surface area contributed by atoms with E-state index in [0.29, 0.717) is 0 Å². The molecule has 7 aromatic rings. The Bertz CT molecular complexity index is 2910. The van der Waals surface area contributed by atoms with Crippen molar-refractivity contribution in [3.8, 4) is 0 Å². The molecule has 0 saturated heterocycles. The van der Waals surface area contributed by atoms with Crippen LogP contribution < -0.4 is 23.8 Å². The molecule has 7 heteroatoms. The van der Waals surface area contributed by atoms with Crippen LogP contribution in [0, 0.1) is 6.92 Å². The largest absolute Gasteiger partial charge is 0.347 e. The van der Waals surface area contributed by atoms with Crippen molar-refractivity contribution in [1.29, 1.82) is 0 Å². The summed E-state index contributed by atoms with van der Waals surface area (Å²) in [5, 5.41) is 2.54. The summed E-state index contributed by atoms with van der Waals surface area (Å²) >= 11 is 3.68. The van der Waals surface area contributed by atoms with Crippen LogP contribution in [0.25, 0.3) is 28.4 Å². The monoisotopic (exact) mass is 919 g/mol. The van der Waals surface area contributed by atoms with E-state index in [0.717, 1.165) is 30.3 Å². The molecule has 0 radical (unpaired) electrons. The summed E-state index contributed by atoms with van der Waals surface area (Å²) in [5.74, 6) is 1.09. The number of likely N-dealkylation sites (N-methyl/N-ethyl adjacent to an activating group) is 1. The normalized spacial score (nSPS) is 14.8. The molecule has 0 fully saturated rings. The van der Waals surface area contributed by atoms with Crippen molar-refractivity contribution in [3.63, 3.8) is 0 Å². The molecule has 5 aromatic carbocycles. The maximum atomic E-state index is 2.37. The van der Waals surface area contributed by atoms with Gasteiger partial charge in [-0.1, -0.05) is 172 Å². The van der Waals surface area contributed by atoms with E-state index in [1.807, 2.05) is 36.5 Å². The first-order chi connectivity index (χ1) is 32.8. The van der Waals surface area contributed by atoms with Crippen LogP contribution >= 0.6 is 22.7 Å². The van der Waals surface area contributed by atoms with Crippen molar-refractivity contribution >= 4 is 79.6 Å². The van der Waals surface area contributed by atoms with Crippen LogP contribution in [0.3, 0.4) is 0 Å². The van der Waals surface area contributed by atoms with E-state index in [9.17, 15) is 0 Å². The molecule has 2 aliphatic rings. The number of thiazole rings is 2. The van der Waals surface area contributed by atoms with Crippen LogP contribution in [0.15, 0.2) is 200 Å². The minimum atomic E-state index is 0.0247. The van der Waals surface area contributed by atoms with Gasteiger partial charge < -0.3 is 4.90 Å². The lowest BCUT2D eigenvalue weighted by molar-refractivity contribution is -0.692. The van der Waals surface area contributed by atoms with Crippen molar-refractivity contribution in [2.24, 2.45) is 0 Å². The highest BCUT2D eigenvalue weighted by molar-refractivity contribution is 7.18. The second kappa shape index (κ2) is 22.6. The lowest BCUT2D eigenvalue weighted by atomic mass is 9.84. The first kappa shape index (κ1) is 48.1. The van der Waals surface area contributed by atoms with Gasteiger partial charge in [-0.2, -0.15) is 9.13 Å². The Balaban J connectivity index is 0.000000199. The van der Waals surface area contributed by atoms with Gasteiger partial charge in [0.2, 0.25) is 11.2 Å². The van der Waals surface area contributed by atoms with Gasteiger partial charge in [0.05, 0.1) is 16.3 Å². The minimum absolute atomic E-state index is 0.0247. The summed E-state index contributed by atoms with van der Waals surface area (Å²) in [6, 6.07) is 47.0. The van der Waals surface area contributed by atoms with E-state index in [1.54, 1.807) is 0 Å². The second-order valence-corrected chi connectivity index (χ2v) is 18.7. The molecule has 0 unspecified atom stereocenters. The zero-order valence-corrected chi connectivity index (χ0v) is 42.2. The molecule has 9 rings (SSSR count). The number of anilines is 5. The van der Waals surface area contributed by atoms with E-state index in [2.05, 4.69) is 279 Å². The zero-order chi connectivity index (χ0) is 47.3. The Kier molecular flexibility index (Phi) is 16.2. The highest BCUT2D eigenvalue weighted by Crippen LogP contribution is 2.49. The molecule has 0 spiro atoms. The fourth-order valence-corrected chi connectivity index (χ4v) is 11.1. The number of aromatic nitrogens is 2. The van der Waals surface area contributed by atoms with Gasteiger partial charge in [0.25, 0.3) is 10.0 Å². The highest BCUT2D eigenvalue weighted by Gasteiger charge is 2.38. The van der Waals surface area contributed by atoms with Crippen molar-refractivity contribution in [3.05, 3.63) is 226 Å². The lowest BCUT2D eigenvalue weighted by Crippen LogP contribution is -2.36. The third-order valence-electron chi connectivity index (χ3n) is 12.0. The SMILES string of the molecule is C/C=C\c1c(C)sc(/C=C/C=C/C=C2/N(C)c3ccccc3C2(C)C)[n+]1CC.CC.CC[n+]1c(C=CC=CC=C2N(c3ccccc3)c3ccccc3N2c2ccccc2)sc2ccccc21. The third-order valence-corrected chi connectivity index (χ3v) is 14.2. The number of benzene rings is 5. The van der Waals surface area contributed by atoms with Gasteiger partial charge in [-0.15, -0.1) is 0 Å². The molecule has 2 aromatic heterocycles. The molecule has 4 heterocycles. The molecule has 0 aliphatic carbocycles. The van der Waals surface area contributed by atoms with Gasteiger partial charge >= 0.3 is 0 Å². The average Bonchev–Trinajstić information content (AvgIpc) is 4.05. The summed E-state index contributed by atoms with van der Waals surface area (Å²) < 4.78 is 6.05. The van der Waals surface area contributed by atoms with Crippen molar-refractivity contribution in [2.75, 3.05) is 21.7 Å². The Morgan fingerprint density at radius 2 is 1.06 bits per heavy atom. The van der Waals surface area contributed by atoms with Gasteiger partial charge in [0.1, 0.15) is 23.6 Å². The molecule has 2 aliphatic heterocycles. The summed E-state index contributed by atoms with van der Waals surface area (Å²) in [5.41, 5.74) is 11.3. The smallest absolute Gasteiger partial charge is 0.262 e. The van der Waals surface area contributed by atoms with E-state index in [-0.39, 0.29) is 5.41 Å². The van der Waals surface area contributed by atoms with Crippen LogP contribution in [0.5, 0.6) is 0 Å². The topological polar surface area (TPSA) is 17.5 Å². The fraction of sp³-hybridized carbons (Fsp3) is 0.200. The third kappa shape index (κ3) is 10.3. The number of fused-ring (bicyclic) bond motifs is 3. The maximum Gasteiger partial charge on any atom is 0.262 e. The summed E-state index contributed by atoms with van der Waals surface area (Å²) in [7, 11) is 2.16. The lowest BCUT2D eigenvalue weighted by Gasteiger charge is -2.25. The number of para-hydroxylation sites is 6. The van der Waals surface area contributed by atoms with E-state index in [1.165, 1.54) is 59.1 Å². The van der Waals surface area contributed by atoms with Gasteiger partial charge in [0.15, 0.2) is 0 Å². The second-order valence-electron chi connectivity index (χ2n) is 16.4. The van der Waals surface area contributed by atoms with Gasteiger partial charge in [-0.25, -0.2) is 0 Å². The predicted octanol–water partition coefficient (Wildman–Crippen LogP) is 15.9. The average molecular weight is 920 g/mol. The van der Waals surface area contributed by atoms with E-state index in [4.69, 9.17) is 0 Å². The van der Waals surface area contributed by atoms with Crippen molar-refractivity contribution < 1.29 is 9.13 Å². The van der Waals surface area contributed by atoms with Gasteiger partial charge in [-0.3, -0.25) is 9.80 Å². The number of hydrogen-bond acceptors (Lipinski definition) is 5. The summed E-state index contributed by atoms with van der Waals surface area (Å²) in [6.45, 7) is 19.2. The molecule has 67 heavy (non-hydrogen) atoms. The molecule has 0 bridgehead atoms. The zero-order valence-electron chi connectivity index (χ0n) is 40.6. The molecule has 340 valence electrons. The van der Waals surface area contributed by atoms with Crippen LogP contribution in [0.1, 0.15) is 74.6 Å². The van der Waals surface area contributed by atoms with E-state index < -0.39 is 0 Å². The summed E-state index contributed by atoms with van der Waals surface area (Å²) in [4.78, 5) is 8.32. The molecule has 0 saturated carbocycles. The number of aryl methyl sites for hydroxylation is 2. The molecule has 0 atom stereocenters. The maximum absolute atomic E-state index is 2.37. The van der Waals surface area contributed by atoms with Gasteiger partial charge in [0, 0.05) is 59.5 Å². The summed E-state index contributed by atoms with van der Waals surface area (Å²) in [6.07, 6.45) is 26.0. The quantitative estimate of drug-likeness (QED) is 0.0951. The van der Waals surface area contributed by atoms with Crippen molar-refractivity contribution in [2.45, 2.75) is 73.9 Å². The standard InChI is InChI=1S/C33H28N3S.C25H31N2S.C2H6/c1-2-34-30-22-14-15-23-31(30)37-33(34)25-11-5-10-24-32-35(26-16-6-3-7-17-26)28-20-12-13-21-29(28)36(32)27-18-8-4-9-19-27;1-7-14-21-19(3)28-24(27(21)8-2)18-11-9-10-17-23-25(4,5)20-15-12-13-16-22(20)26(23)6;1-2/h3-25H,2H2,1H3;7,9-18H,8H2,1-6H3;1-2H3/q2*+1;/b;14-7-;. The number of rotatable bonds is 11. The molecule has 0 N–H and O–H groups in total. The first-order valence-electron chi connectivity index (χ1n) is 23.6. The Labute approximate surface area is 407 Å². The fourth-order valence-electron chi connectivity index (χ4n) is 8.92. The molecule has 0 amide bonds. The van der Waals surface area contributed by atoms with E-state index >= 15 is 0 Å². The Morgan fingerprint density at radius 3 is 1.63 bits per heavy atom. The van der Waals surface area contributed by atoms with Crippen LogP contribution in [0.2, 0.25) is 0 Å². The predicted molar refractivity (Wildman–Crippen MR) is 293 cm³/mol.